The summed E-state index contributed by atoms with van der Waals surface area (Å²) < 4.78 is 17.2. The van der Waals surface area contributed by atoms with E-state index in [9.17, 15) is 0 Å². The van der Waals surface area contributed by atoms with Crippen LogP contribution in [-0.2, 0) is 6.61 Å². The zero-order valence-corrected chi connectivity index (χ0v) is 18.6. The van der Waals surface area contributed by atoms with Crippen molar-refractivity contribution in [2.75, 3.05) is 40.4 Å². The second kappa shape index (κ2) is 12.6. The number of hydrogen-bond acceptors (Lipinski definition) is 5. The zero-order chi connectivity index (χ0) is 19.1. The monoisotopic (exact) mass is 440 g/mol. The first-order valence-electron chi connectivity index (χ1n) is 9.26. The lowest BCUT2D eigenvalue weighted by molar-refractivity contribution is 0.197. The quantitative estimate of drug-likeness (QED) is 0.621. The molecule has 1 heterocycles. The third kappa shape index (κ3) is 6.28. The number of rotatable bonds is 8. The normalized spacial score (nSPS) is 14.7. The molecule has 2 aromatic carbocycles. The summed E-state index contributed by atoms with van der Waals surface area (Å²) in [6.45, 7) is 8.44. The fourth-order valence-electron chi connectivity index (χ4n) is 3.40. The fraction of sp³-hybridized carbons (Fsp3) is 0.364. The molecule has 1 fully saturated rings. The molecule has 1 aliphatic rings. The molecule has 1 N–H and O–H groups in total. The summed E-state index contributed by atoms with van der Waals surface area (Å²) in [6, 6.07) is 14.1. The standard InChI is InChI=1S/C22H28N2O3.2ClH/c1-4-19(24-12-10-23-11-13-24)18-14-21(25-2)22(26-3)15-20(18)27-16-17-8-6-5-7-9-17;;/h4-9,14-15,19,23H,1,10-13,16H2,2-3H3;2*1H/t19-;;/m1../s1. The van der Waals surface area contributed by atoms with Gasteiger partial charge in [-0.1, -0.05) is 36.4 Å². The van der Waals surface area contributed by atoms with Crippen LogP contribution in [0, 0.1) is 0 Å². The molecule has 0 radical (unpaired) electrons. The van der Waals surface area contributed by atoms with Crippen molar-refractivity contribution in [1.29, 1.82) is 0 Å². The first-order chi connectivity index (χ1) is 13.3. The van der Waals surface area contributed by atoms with Crippen LogP contribution >= 0.6 is 24.8 Å². The Morgan fingerprint density at radius 2 is 1.62 bits per heavy atom. The molecule has 0 saturated carbocycles. The Hall–Kier alpha value is -1.92. The minimum Gasteiger partial charge on any atom is -0.493 e. The fourth-order valence-corrected chi connectivity index (χ4v) is 3.40. The number of nitrogens with zero attached hydrogens (tertiary/aromatic N) is 1. The van der Waals surface area contributed by atoms with E-state index in [1.165, 1.54) is 0 Å². The number of halogens is 2. The predicted molar refractivity (Wildman–Crippen MR) is 122 cm³/mol. The lowest BCUT2D eigenvalue weighted by atomic mass is 10.0. The van der Waals surface area contributed by atoms with E-state index < -0.39 is 0 Å². The molecule has 1 atom stereocenters. The minimum absolute atomic E-state index is 0. The zero-order valence-electron chi connectivity index (χ0n) is 16.9. The maximum Gasteiger partial charge on any atom is 0.164 e. The van der Waals surface area contributed by atoms with E-state index in [4.69, 9.17) is 14.2 Å². The number of methoxy groups -OCH3 is 2. The summed E-state index contributed by atoms with van der Waals surface area (Å²) >= 11 is 0. The molecule has 1 aliphatic heterocycles. The third-order valence-electron chi connectivity index (χ3n) is 4.84. The highest BCUT2D eigenvalue weighted by Gasteiger charge is 2.24. The summed E-state index contributed by atoms with van der Waals surface area (Å²) in [6.07, 6.45) is 1.97. The summed E-state index contributed by atoms with van der Waals surface area (Å²) in [4.78, 5) is 2.40. The minimum atomic E-state index is 0. The topological polar surface area (TPSA) is 43.0 Å². The molecule has 0 aliphatic carbocycles. The average Bonchev–Trinajstić information content (AvgIpc) is 2.74. The van der Waals surface area contributed by atoms with E-state index in [1.807, 2.05) is 36.4 Å². The first-order valence-corrected chi connectivity index (χ1v) is 9.26. The number of ether oxygens (including phenoxy) is 3. The van der Waals surface area contributed by atoms with Crippen molar-refractivity contribution in [3.05, 3.63) is 66.2 Å². The second-order valence-corrected chi connectivity index (χ2v) is 6.49. The Morgan fingerprint density at radius 3 is 2.21 bits per heavy atom. The van der Waals surface area contributed by atoms with Gasteiger partial charge in [0.1, 0.15) is 12.4 Å². The Balaban J connectivity index is 0.00000210. The molecule has 7 heteroatoms. The van der Waals surface area contributed by atoms with Crippen LogP contribution in [0.5, 0.6) is 17.2 Å². The molecular formula is C22H30Cl2N2O3. The highest BCUT2D eigenvalue weighted by molar-refractivity contribution is 5.85. The first kappa shape index (κ1) is 25.1. The maximum absolute atomic E-state index is 6.21. The van der Waals surface area contributed by atoms with E-state index in [0.717, 1.165) is 43.1 Å². The Bertz CT molecular complexity index is 753. The summed E-state index contributed by atoms with van der Waals surface area (Å²) in [5.41, 5.74) is 2.16. The molecule has 0 unspecified atom stereocenters. The molecule has 2 aromatic rings. The SMILES string of the molecule is C=C[C@H](c1cc(OC)c(OC)cc1OCc1ccccc1)N1CCNCC1.Cl.Cl. The smallest absolute Gasteiger partial charge is 0.164 e. The third-order valence-corrected chi connectivity index (χ3v) is 4.84. The van der Waals surface area contributed by atoms with Crippen molar-refractivity contribution in [2.24, 2.45) is 0 Å². The molecule has 160 valence electrons. The molecule has 1 saturated heterocycles. The largest absolute Gasteiger partial charge is 0.493 e. The van der Waals surface area contributed by atoms with Crippen LogP contribution in [0.1, 0.15) is 17.2 Å². The number of piperazine rings is 1. The maximum atomic E-state index is 6.21. The highest BCUT2D eigenvalue weighted by Crippen LogP contribution is 2.40. The number of nitrogens with one attached hydrogen (secondary N) is 1. The number of hydrogen-bond donors (Lipinski definition) is 1. The van der Waals surface area contributed by atoms with Crippen molar-refractivity contribution in [3.63, 3.8) is 0 Å². The molecule has 0 aromatic heterocycles. The van der Waals surface area contributed by atoms with Gasteiger partial charge >= 0.3 is 0 Å². The average molecular weight is 441 g/mol. The predicted octanol–water partition coefficient (Wildman–Crippen LogP) is 4.26. The summed E-state index contributed by atoms with van der Waals surface area (Å²) in [7, 11) is 3.29. The number of benzene rings is 2. The molecule has 0 spiro atoms. The van der Waals surface area contributed by atoms with Crippen LogP contribution in [0.15, 0.2) is 55.1 Å². The molecule has 0 bridgehead atoms. The Morgan fingerprint density at radius 1 is 1.00 bits per heavy atom. The Labute approximate surface area is 185 Å². The van der Waals surface area contributed by atoms with Crippen LogP contribution in [-0.4, -0.2) is 45.3 Å². The van der Waals surface area contributed by atoms with E-state index in [0.29, 0.717) is 18.1 Å². The van der Waals surface area contributed by atoms with E-state index in [-0.39, 0.29) is 30.9 Å². The van der Waals surface area contributed by atoms with Crippen LogP contribution < -0.4 is 19.5 Å². The summed E-state index contributed by atoms with van der Waals surface area (Å²) in [5, 5.41) is 3.40. The van der Waals surface area contributed by atoms with E-state index >= 15 is 0 Å². The van der Waals surface area contributed by atoms with Crippen molar-refractivity contribution < 1.29 is 14.2 Å². The van der Waals surface area contributed by atoms with Crippen molar-refractivity contribution in [2.45, 2.75) is 12.6 Å². The summed E-state index contributed by atoms with van der Waals surface area (Å²) in [5.74, 6) is 2.15. The van der Waals surface area contributed by atoms with Gasteiger partial charge in [-0.05, 0) is 11.6 Å². The molecular weight excluding hydrogens is 411 g/mol. The van der Waals surface area contributed by atoms with Gasteiger partial charge in [0.2, 0.25) is 0 Å². The van der Waals surface area contributed by atoms with Crippen LogP contribution in [0.3, 0.4) is 0 Å². The molecule has 5 nitrogen and oxygen atoms in total. The van der Waals surface area contributed by atoms with Crippen LogP contribution in [0.2, 0.25) is 0 Å². The van der Waals surface area contributed by atoms with Gasteiger partial charge in [-0.25, -0.2) is 0 Å². The van der Waals surface area contributed by atoms with Crippen molar-refractivity contribution >= 4 is 24.8 Å². The van der Waals surface area contributed by atoms with Crippen LogP contribution in [0.25, 0.3) is 0 Å². The van der Waals surface area contributed by atoms with Crippen LogP contribution in [0.4, 0.5) is 0 Å². The van der Waals surface area contributed by atoms with Crippen molar-refractivity contribution in [1.82, 2.24) is 10.2 Å². The lowest BCUT2D eigenvalue weighted by Crippen LogP contribution is -2.44. The van der Waals surface area contributed by atoms with Gasteiger partial charge in [-0.2, -0.15) is 0 Å². The van der Waals surface area contributed by atoms with Gasteiger partial charge in [-0.3, -0.25) is 4.90 Å². The Kier molecular flexibility index (Phi) is 10.9. The van der Waals surface area contributed by atoms with Gasteiger partial charge in [-0.15, -0.1) is 31.4 Å². The van der Waals surface area contributed by atoms with E-state index in [2.05, 4.69) is 28.9 Å². The molecule has 29 heavy (non-hydrogen) atoms. The molecule has 0 amide bonds. The molecule has 3 rings (SSSR count). The highest BCUT2D eigenvalue weighted by atomic mass is 35.5. The van der Waals surface area contributed by atoms with Gasteiger partial charge in [0.05, 0.1) is 20.3 Å². The van der Waals surface area contributed by atoms with Gasteiger partial charge in [0.15, 0.2) is 11.5 Å². The van der Waals surface area contributed by atoms with E-state index in [1.54, 1.807) is 14.2 Å². The van der Waals surface area contributed by atoms with Gasteiger partial charge in [0.25, 0.3) is 0 Å². The lowest BCUT2D eigenvalue weighted by Gasteiger charge is -2.34. The van der Waals surface area contributed by atoms with Gasteiger partial charge in [0, 0.05) is 37.8 Å². The second-order valence-electron chi connectivity index (χ2n) is 6.49. The van der Waals surface area contributed by atoms with Crippen molar-refractivity contribution in [3.8, 4) is 17.2 Å². The van der Waals surface area contributed by atoms with Gasteiger partial charge < -0.3 is 19.5 Å².